The molecule has 0 fully saturated rings. The van der Waals surface area contributed by atoms with Crippen LogP contribution < -0.4 is 0 Å². The maximum Gasteiger partial charge on any atom is 0.129 e. The predicted molar refractivity (Wildman–Crippen MR) is 55.3 cm³/mol. The minimum Gasteiger partial charge on any atom is -0.207 e. The van der Waals surface area contributed by atoms with Crippen molar-refractivity contribution in [1.29, 1.82) is 0 Å². The van der Waals surface area contributed by atoms with E-state index in [1.54, 1.807) is 6.42 Å². The quantitative estimate of drug-likeness (QED) is 0.700. The van der Waals surface area contributed by atoms with Crippen LogP contribution in [-0.2, 0) is 0 Å². The van der Waals surface area contributed by atoms with Gasteiger partial charge < -0.3 is 0 Å². The Morgan fingerprint density at radius 1 is 0.867 bits per heavy atom. The number of hydrogen-bond donors (Lipinski definition) is 0. The molecule has 0 spiro atoms. The molecular formula is C13H9F2. The van der Waals surface area contributed by atoms with E-state index in [0.29, 0.717) is 5.56 Å². The summed E-state index contributed by atoms with van der Waals surface area (Å²) in [6.07, 6.45) is 1.68. The average molecular weight is 203 g/mol. The van der Waals surface area contributed by atoms with Gasteiger partial charge in [-0.3, -0.25) is 0 Å². The summed E-state index contributed by atoms with van der Waals surface area (Å²) in [5.41, 5.74) is 1.28. The SMILES string of the molecule is Fc1ccc([CH]c2ccccc2)c(F)c1. The molecule has 0 amide bonds. The maximum atomic E-state index is 13.3. The predicted octanol–water partition coefficient (Wildman–Crippen LogP) is 3.57. The van der Waals surface area contributed by atoms with Crippen LogP contribution in [0.5, 0.6) is 0 Å². The second-order valence-electron chi connectivity index (χ2n) is 3.22. The standard InChI is InChI=1S/C13H9F2/c14-12-7-6-11(13(15)9-12)8-10-4-2-1-3-5-10/h1-9H. The Morgan fingerprint density at radius 2 is 1.60 bits per heavy atom. The van der Waals surface area contributed by atoms with Crippen molar-refractivity contribution in [2.45, 2.75) is 0 Å². The molecule has 0 aliphatic rings. The van der Waals surface area contributed by atoms with Gasteiger partial charge in [-0.25, -0.2) is 8.78 Å². The smallest absolute Gasteiger partial charge is 0.129 e. The van der Waals surface area contributed by atoms with Crippen molar-refractivity contribution < 1.29 is 8.78 Å². The molecular weight excluding hydrogens is 194 g/mol. The molecule has 0 nitrogen and oxygen atoms in total. The first-order chi connectivity index (χ1) is 7.25. The van der Waals surface area contributed by atoms with Gasteiger partial charge in [-0.2, -0.15) is 0 Å². The van der Waals surface area contributed by atoms with Gasteiger partial charge >= 0.3 is 0 Å². The molecule has 0 heterocycles. The minimum atomic E-state index is -0.558. The summed E-state index contributed by atoms with van der Waals surface area (Å²) >= 11 is 0. The van der Waals surface area contributed by atoms with Crippen molar-refractivity contribution in [3.05, 3.63) is 77.7 Å². The largest absolute Gasteiger partial charge is 0.207 e. The van der Waals surface area contributed by atoms with Gasteiger partial charge in [-0.15, -0.1) is 0 Å². The van der Waals surface area contributed by atoms with Crippen LogP contribution in [0.2, 0.25) is 0 Å². The summed E-state index contributed by atoms with van der Waals surface area (Å²) in [6, 6.07) is 12.9. The Bertz CT molecular complexity index is 449. The molecule has 15 heavy (non-hydrogen) atoms. The molecule has 2 aromatic carbocycles. The van der Waals surface area contributed by atoms with Gasteiger partial charge in [-0.1, -0.05) is 36.4 Å². The summed E-state index contributed by atoms with van der Waals surface area (Å²) in [5, 5.41) is 0. The fraction of sp³-hybridized carbons (Fsp3) is 0. The van der Waals surface area contributed by atoms with E-state index >= 15 is 0 Å². The van der Waals surface area contributed by atoms with Crippen molar-refractivity contribution in [2.75, 3.05) is 0 Å². The van der Waals surface area contributed by atoms with Gasteiger partial charge in [0.25, 0.3) is 0 Å². The van der Waals surface area contributed by atoms with E-state index in [2.05, 4.69) is 0 Å². The van der Waals surface area contributed by atoms with Crippen LogP contribution in [0.3, 0.4) is 0 Å². The van der Waals surface area contributed by atoms with Gasteiger partial charge in [0.1, 0.15) is 11.6 Å². The molecule has 0 saturated heterocycles. The molecule has 0 bridgehead atoms. The monoisotopic (exact) mass is 203 g/mol. The van der Waals surface area contributed by atoms with Crippen molar-refractivity contribution in [3.8, 4) is 0 Å². The van der Waals surface area contributed by atoms with Crippen LogP contribution in [0, 0.1) is 18.1 Å². The highest BCUT2D eigenvalue weighted by atomic mass is 19.1. The Morgan fingerprint density at radius 3 is 2.27 bits per heavy atom. The molecule has 2 heteroatoms. The Balaban J connectivity index is 2.25. The first-order valence-electron chi connectivity index (χ1n) is 4.60. The Kier molecular flexibility index (Phi) is 2.77. The highest BCUT2D eigenvalue weighted by molar-refractivity contribution is 5.37. The molecule has 0 unspecified atom stereocenters. The molecule has 75 valence electrons. The van der Waals surface area contributed by atoms with Crippen LogP contribution in [-0.4, -0.2) is 0 Å². The zero-order valence-electron chi connectivity index (χ0n) is 7.95. The molecule has 1 radical (unpaired) electrons. The number of benzene rings is 2. The molecule has 0 N–H and O–H groups in total. The fourth-order valence-corrected chi connectivity index (χ4v) is 1.35. The van der Waals surface area contributed by atoms with Crippen molar-refractivity contribution in [1.82, 2.24) is 0 Å². The lowest BCUT2D eigenvalue weighted by Gasteiger charge is -2.02. The molecule has 2 aromatic rings. The van der Waals surface area contributed by atoms with Crippen LogP contribution in [0.15, 0.2) is 48.5 Å². The van der Waals surface area contributed by atoms with E-state index in [4.69, 9.17) is 0 Å². The Labute approximate surface area is 87.2 Å². The van der Waals surface area contributed by atoms with E-state index in [1.165, 1.54) is 12.1 Å². The number of hydrogen-bond acceptors (Lipinski definition) is 0. The average Bonchev–Trinajstić information content (AvgIpc) is 2.24. The molecule has 0 aromatic heterocycles. The highest BCUT2D eigenvalue weighted by Crippen LogP contribution is 2.16. The normalized spacial score (nSPS) is 10.3. The van der Waals surface area contributed by atoms with Gasteiger partial charge in [0.2, 0.25) is 0 Å². The molecule has 0 saturated carbocycles. The maximum absolute atomic E-state index is 13.3. The Hall–Kier alpha value is -1.70. The van der Waals surface area contributed by atoms with Crippen LogP contribution in [0.25, 0.3) is 0 Å². The first-order valence-corrected chi connectivity index (χ1v) is 4.60. The topological polar surface area (TPSA) is 0 Å². The lowest BCUT2D eigenvalue weighted by Crippen LogP contribution is -1.90. The number of halogens is 2. The highest BCUT2D eigenvalue weighted by Gasteiger charge is 2.04. The lowest BCUT2D eigenvalue weighted by atomic mass is 10.0. The fourth-order valence-electron chi connectivity index (χ4n) is 1.35. The zero-order valence-corrected chi connectivity index (χ0v) is 7.95. The summed E-state index contributed by atoms with van der Waals surface area (Å²) in [5.74, 6) is -1.10. The zero-order chi connectivity index (χ0) is 10.7. The summed E-state index contributed by atoms with van der Waals surface area (Å²) in [7, 11) is 0. The van der Waals surface area contributed by atoms with Crippen LogP contribution >= 0.6 is 0 Å². The van der Waals surface area contributed by atoms with E-state index in [-0.39, 0.29) is 0 Å². The number of rotatable bonds is 2. The third-order valence-electron chi connectivity index (χ3n) is 2.08. The van der Waals surface area contributed by atoms with Crippen molar-refractivity contribution in [2.24, 2.45) is 0 Å². The van der Waals surface area contributed by atoms with E-state index in [9.17, 15) is 8.78 Å². The third-order valence-corrected chi connectivity index (χ3v) is 2.08. The second kappa shape index (κ2) is 4.22. The van der Waals surface area contributed by atoms with E-state index < -0.39 is 11.6 Å². The first kappa shape index (κ1) is 9.84. The van der Waals surface area contributed by atoms with Crippen LogP contribution in [0.1, 0.15) is 11.1 Å². The second-order valence-corrected chi connectivity index (χ2v) is 3.22. The summed E-state index contributed by atoms with van der Waals surface area (Å²) < 4.78 is 25.9. The minimum absolute atomic E-state index is 0.391. The lowest BCUT2D eigenvalue weighted by molar-refractivity contribution is 0.579. The van der Waals surface area contributed by atoms with Gasteiger partial charge in [-0.05, 0) is 17.2 Å². The summed E-state index contributed by atoms with van der Waals surface area (Å²) in [4.78, 5) is 0. The van der Waals surface area contributed by atoms with Crippen molar-refractivity contribution in [3.63, 3.8) is 0 Å². The third kappa shape index (κ3) is 2.40. The molecule has 0 atom stereocenters. The van der Waals surface area contributed by atoms with Crippen molar-refractivity contribution >= 4 is 0 Å². The summed E-state index contributed by atoms with van der Waals surface area (Å²) in [6.45, 7) is 0. The molecule has 0 aliphatic carbocycles. The van der Waals surface area contributed by atoms with E-state index in [1.807, 2.05) is 30.3 Å². The van der Waals surface area contributed by atoms with Gasteiger partial charge in [0.05, 0.1) is 0 Å². The van der Waals surface area contributed by atoms with Gasteiger partial charge in [0.15, 0.2) is 0 Å². The van der Waals surface area contributed by atoms with E-state index in [0.717, 1.165) is 11.6 Å². The molecule has 2 rings (SSSR count). The van der Waals surface area contributed by atoms with Gasteiger partial charge in [0, 0.05) is 12.5 Å². The van der Waals surface area contributed by atoms with Crippen LogP contribution in [0.4, 0.5) is 8.78 Å². The molecule has 0 aliphatic heterocycles.